The summed E-state index contributed by atoms with van der Waals surface area (Å²) in [6.45, 7) is 13.9. The number of likely N-dealkylation sites (N-methyl/N-ethyl adjacent to an activating group) is 1. The van der Waals surface area contributed by atoms with Crippen molar-refractivity contribution in [3.8, 4) is 6.19 Å². The second-order valence-corrected chi connectivity index (χ2v) is 9.48. The molecule has 2 saturated heterocycles. The summed E-state index contributed by atoms with van der Waals surface area (Å²) in [6, 6.07) is 6.83. The number of carbonyl (C=O) groups is 2. The highest BCUT2D eigenvalue weighted by Gasteiger charge is 2.26. The lowest BCUT2D eigenvalue weighted by atomic mass is 10.0. The Morgan fingerprint density at radius 1 is 1.03 bits per heavy atom. The van der Waals surface area contributed by atoms with Gasteiger partial charge in [-0.3, -0.25) is 24.3 Å². The summed E-state index contributed by atoms with van der Waals surface area (Å²) < 4.78 is 5.42. The van der Waals surface area contributed by atoms with Gasteiger partial charge in [-0.2, -0.15) is 5.26 Å². The molecule has 34 heavy (non-hydrogen) atoms. The van der Waals surface area contributed by atoms with Crippen LogP contribution in [0.1, 0.15) is 30.6 Å². The van der Waals surface area contributed by atoms with Crippen LogP contribution >= 0.6 is 0 Å². The first-order chi connectivity index (χ1) is 16.4. The molecule has 1 aromatic carbocycles. The second kappa shape index (κ2) is 12.7. The van der Waals surface area contributed by atoms with Gasteiger partial charge in [0.05, 0.1) is 13.2 Å². The fourth-order valence-corrected chi connectivity index (χ4v) is 4.38. The number of benzene rings is 1. The maximum absolute atomic E-state index is 12.8. The van der Waals surface area contributed by atoms with E-state index in [1.54, 1.807) is 12.1 Å². The van der Waals surface area contributed by atoms with E-state index in [1.165, 1.54) is 7.05 Å². The van der Waals surface area contributed by atoms with Crippen LogP contribution in [0.2, 0.25) is 0 Å². The fraction of sp³-hybridized carbons (Fsp3) is 0.640. The van der Waals surface area contributed by atoms with Crippen LogP contribution in [0, 0.1) is 17.4 Å². The SMILES string of the molecule is CC(C)C[C@H](NC(=O)c1ccc(N2CCN(CCN3CCOCC3)CC2)cc1)C(=O)N(C)C#N. The van der Waals surface area contributed by atoms with Crippen LogP contribution < -0.4 is 10.2 Å². The van der Waals surface area contributed by atoms with Gasteiger partial charge in [0, 0.05) is 70.7 Å². The molecule has 2 amide bonds. The molecule has 9 nitrogen and oxygen atoms in total. The number of nitriles is 1. The number of nitrogens with one attached hydrogen (secondary N) is 1. The van der Waals surface area contributed by atoms with Crippen molar-refractivity contribution in [2.75, 3.05) is 77.5 Å². The van der Waals surface area contributed by atoms with Crippen LogP contribution in [0.5, 0.6) is 0 Å². The maximum atomic E-state index is 12.8. The fourth-order valence-electron chi connectivity index (χ4n) is 4.38. The monoisotopic (exact) mass is 470 g/mol. The highest BCUT2D eigenvalue weighted by atomic mass is 16.5. The van der Waals surface area contributed by atoms with Crippen molar-refractivity contribution in [1.29, 1.82) is 5.26 Å². The smallest absolute Gasteiger partial charge is 0.257 e. The molecule has 0 radical (unpaired) electrons. The second-order valence-electron chi connectivity index (χ2n) is 9.48. The maximum Gasteiger partial charge on any atom is 0.257 e. The van der Waals surface area contributed by atoms with Crippen LogP contribution in [0.4, 0.5) is 5.69 Å². The van der Waals surface area contributed by atoms with Crippen molar-refractivity contribution in [3.63, 3.8) is 0 Å². The third kappa shape index (κ3) is 7.42. The predicted octanol–water partition coefficient (Wildman–Crippen LogP) is 1.22. The minimum atomic E-state index is -0.720. The van der Waals surface area contributed by atoms with Gasteiger partial charge in [0.25, 0.3) is 11.8 Å². The lowest BCUT2D eigenvalue weighted by Gasteiger charge is -2.37. The van der Waals surface area contributed by atoms with Crippen LogP contribution in [0.3, 0.4) is 0 Å². The van der Waals surface area contributed by atoms with E-state index in [0.717, 1.165) is 76.2 Å². The van der Waals surface area contributed by atoms with Gasteiger partial charge in [-0.05, 0) is 36.6 Å². The predicted molar refractivity (Wildman–Crippen MR) is 131 cm³/mol. The Morgan fingerprint density at radius 2 is 1.62 bits per heavy atom. The van der Waals surface area contributed by atoms with Crippen LogP contribution in [0.15, 0.2) is 24.3 Å². The standard InChI is InChI=1S/C25H38N6O3/c1-20(2)18-23(25(33)28(3)19-26)27-24(32)21-4-6-22(7-5-21)31-12-10-29(11-13-31)8-9-30-14-16-34-17-15-30/h4-7,20,23H,8-18H2,1-3H3,(H,27,32)/t23-/m0/s1. The van der Waals surface area contributed by atoms with E-state index in [2.05, 4.69) is 20.0 Å². The molecule has 0 saturated carbocycles. The number of piperazine rings is 1. The van der Waals surface area contributed by atoms with E-state index in [1.807, 2.05) is 32.2 Å². The summed E-state index contributed by atoms with van der Waals surface area (Å²) in [5.41, 5.74) is 1.61. The first kappa shape index (κ1) is 25.9. The van der Waals surface area contributed by atoms with Gasteiger partial charge in [0.2, 0.25) is 0 Å². The van der Waals surface area contributed by atoms with Crippen molar-refractivity contribution in [2.24, 2.45) is 5.92 Å². The molecule has 1 aromatic rings. The summed E-state index contributed by atoms with van der Waals surface area (Å²) in [6.07, 6.45) is 2.30. The summed E-state index contributed by atoms with van der Waals surface area (Å²) in [5, 5.41) is 11.8. The quantitative estimate of drug-likeness (QED) is 0.429. The van der Waals surface area contributed by atoms with Gasteiger partial charge in [0.15, 0.2) is 6.19 Å². The van der Waals surface area contributed by atoms with E-state index in [9.17, 15) is 9.59 Å². The molecule has 2 aliphatic heterocycles. The molecule has 9 heteroatoms. The molecule has 0 spiro atoms. The van der Waals surface area contributed by atoms with Gasteiger partial charge in [0.1, 0.15) is 6.04 Å². The third-order valence-electron chi connectivity index (χ3n) is 6.49. The van der Waals surface area contributed by atoms with Crippen LogP contribution in [-0.4, -0.2) is 105 Å². The van der Waals surface area contributed by atoms with E-state index < -0.39 is 11.9 Å². The Hall–Kier alpha value is -2.67. The number of hydrogen-bond acceptors (Lipinski definition) is 7. The Balaban J connectivity index is 1.49. The minimum absolute atomic E-state index is 0.205. The van der Waals surface area contributed by atoms with E-state index >= 15 is 0 Å². The summed E-state index contributed by atoms with van der Waals surface area (Å²) in [7, 11) is 1.42. The molecule has 186 valence electrons. The topological polar surface area (TPSA) is 92.2 Å². The molecular formula is C25H38N6O3. The van der Waals surface area contributed by atoms with E-state index in [-0.39, 0.29) is 11.8 Å². The number of hydrogen-bond donors (Lipinski definition) is 1. The average Bonchev–Trinajstić information content (AvgIpc) is 2.87. The van der Waals surface area contributed by atoms with Crippen molar-refractivity contribution in [1.82, 2.24) is 20.0 Å². The number of nitrogens with zero attached hydrogens (tertiary/aromatic N) is 5. The Labute approximate surface area is 203 Å². The minimum Gasteiger partial charge on any atom is -0.379 e. The zero-order valence-corrected chi connectivity index (χ0v) is 20.7. The lowest BCUT2D eigenvalue weighted by molar-refractivity contribution is -0.129. The van der Waals surface area contributed by atoms with E-state index in [0.29, 0.717) is 12.0 Å². The molecule has 2 fully saturated rings. The van der Waals surface area contributed by atoms with Crippen molar-refractivity contribution in [3.05, 3.63) is 29.8 Å². The number of anilines is 1. The normalized spacial score (nSPS) is 18.4. The van der Waals surface area contributed by atoms with Crippen molar-refractivity contribution >= 4 is 17.5 Å². The summed E-state index contributed by atoms with van der Waals surface area (Å²) >= 11 is 0. The first-order valence-electron chi connectivity index (χ1n) is 12.2. The Bertz CT molecular complexity index is 839. The highest BCUT2D eigenvalue weighted by molar-refractivity contribution is 5.98. The molecule has 1 N–H and O–H groups in total. The number of carbonyl (C=O) groups excluding carboxylic acids is 2. The summed E-state index contributed by atoms with van der Waals surface area (Å²) in [5.74, 6) is -0.492. The Morgan fingerprint density at radius 3 is 2.18 bits per heavy atom. The van der Waals surface area contributed by atoms with Gasteiger partial charge in [-0.15, -0.1) is 0 Å². The largest absolute Gasteiger partial charge is 0.379 e. The van der Waals surface area contributed by atoms with Crippen LogP contribution in [-0.2, 0) is 9.53 Å². The van der Waals surface area contributed by atoms with Gasteiger partial charge >= 0.3 is 0 Å². The first-order valence-corrected chi connectivity index (χ1v) is 12.2. The molecule has 0 bridgehead atoms. The molecule has 1 atom stereocenters. The lowest BCUT2D eigenvalue weighted by Crippen LogP contribution is -2.49. The molecule has 0 unspecified atom stereocenters. The third-order valence-corrected chi connectivity index (χ3v) is 6.49. The zero-order valence-electron chi connectivity index (χ0n) is 20.7. The molecular weight excluding hydrogens is 432 g/mol. The number of ether oxygens (including phenoxy) is 1. The molecule has 2 aliphatic rings. The number of rotatable bonds is 9. The molecule has 0 aliphatic carbocycles. The van der Waals surface area contributed by atoms with Gasteiger partial charge in [-0.1, -0.05) is 13.8 Å². The average molecular weight is 471 g/mol. The number of morpholine rings is 1. The highest BCUT2D eigenvalue weighted by Crippen LogP contribution is 2.18. The zero-order chi connectivity index (χ0) is 24.5. The Kier molecular flexibility index (Phi) is 9.69. The number of amides is 2. The van der Waals surface area contributed by atoms with E-state index in [4.69, 9.17) is 10.00 Å². The molecule has 3 rings (SSSR count). The van der Waals surface area contributed by atoms with Gasteiger partial charge in [-0.25, -0.2) is 0 Å². The summed E-state index contributed by atoms with van der Waals surface area (Å²) in [4.78, 5) is 33.6. The molecule has 2 heterocycles. The van der Waals surface area contributed by atoms with Crippen molar-refractivity contribution in [2.45, 2.75) is 26.3 Å². The van der Waals surface area contributed by atoms with Gasteiger partial charge < -0.3 is 15.0 Å². The molecule has 0 aromatic heterocycles. The van der Waals surface area contributed by atoms with Crippen LogP contribution in [0.25, 0.3) is 0 Å². The van der Waals surface area contributed by atoms with Crippen molar-refractivity contribution < 1.29 is 14.3 Å².